The summed E-state index contributed by atoms with van der Waals surface area (Å²) in [7, 11) is 0. The minimum absolute atomic E-state index is 0.822. The Kier molecular flexibility index (Phi) is 5.21. The minimum Gasteiger partial charge on any atom is -0.301 e. The number of benzene rings is 1. The molecule has 4 nitrogen and oxygen atoms in total. The van der Waals surface area contributed by atoms with Gasteiger partial charge in [-0.3, -0.25) is 4.98 Å². The van der Waals surface area contributed by atoms with Crippen molar-refractivity contribution in [1.82, 2.24) is 19.7 Å². The van der Waals surface area contributed by atoms with E-state index in [0.29, 0.717) is 0 Å². The van der Waals surface area contributed by atoms with Crippen LogP contribution in [0.5, 0.6) is 0 Å². The molecule has 0 N–H and O–H groups in total. The van der Waals surface area contributed by atoms with Crippen LogP contribution in [0.25, 0.3) is 17.6 Å². The molecule has 0 fully saturated rings. The zero-order chi connectivity index (χ0) is 15.9. The third-order valence-corrected chi connectivity index (χ3v) is 4.26. The standard InChI is InChI=1S/C18H18N4S/c1-2-22-17(16-12-6-7-13-19-16)20-21-18(22)23-14-8-11-15-9-4-3-5-10-15/h3-13H,2,14H2,1H3/b11-8+. The van der Waals surface area contributed by atoms with Gasteiger partial charge in [0.05, 0.1) is 0 Å². The SMILES string of the molecule is CCn1c(SC/C=C/c2ccccc2)nnc1-c1ccccn1. The Labute approximate surface area is 140 Å². The molecule has 3 rings (SSSR count). The predicted molar refractivity (Wildman–Crippen MR) is 95.1 cm³/mol. The summed E-state index contributed by atoms with van der Waals surface area (Å²) in [6.07, 6.45) is 6.05. The van der Waals surface area contributed by atoms with Crippen molar-refractivity contribution in [2.24, 2.45) is 0 Å². The highest BCUT2D eigenvalue weighted by Crippen LogP contribution is 2.22. The summed E-state index contributed by atoms with van der Waals surface area (Å²) < 4.78 is 2.10. The van der Waals surface area contributed by atoms with Gasteiger partial charge in [0.15, 0.2) is 11.0 Å². The number of rotatable bonds is 6. The van der Waals surface area contributed by atoms with Gasteiger partial charge in [0.25, 0.3) is 0 Å². The largest absolute Gasteiger partial charge is 0.301 e. The first-order chi connectivity index (χ1) is 11.4. The van der Waals surface area contributed by atoms with Gasteiger partial charge in [0.1, 0.15) is 5.69 Å². The normalized spacial score (nSPS) is 11.2. The lowest BCUT2D eigenvalue weighted by atomic mass is 10.2. The van der Waals surface area contributed by atoms with E-state index in [1.165, 1.54) is 5.56 Å². The molecule has 0 atom stereocenters. The lowest BCUT2D eigenvalue weighted by Gasteiger charge is -2.05. The smallest absolute Gasteiger partial charge is 0.191 e. The summed E-state index contributed by atoms with van der Waals surface area (Å²) in [6.45, 7) is 2.92. The van der Waals surface area contributed by atoms with Gasteiger partial charge in [-0.25, -0.2) is 0 Å². The average molecular weight is 322 g/mol. The lowest BCUT2D eigenvalue weighted by molar-refractivity contribution is 0.686. The highest BCUT2D eigenvalue weighted by molar-refractivity contribution is 7.99. The van der Waals surface area contributed by atoms with Crippen LogP contribution in [-0.2, 0) is 6.54 Å². The Morgan fingerprint density at radius 1 is 1.04 bits per heavy atom. The van der Waals surface area contributed by atoms with E-state index in [9.17, 15) is 0 Å². The van der Waals surface area contributed by atoms with E-state index in [1.807, 2.05) is 36.4 Å². The van der Waals surface area contributed by atoms with Crippen molar-refractivity contribution >= 4 is 17.8 Å². The van der Waals surface area contributed by atoms with E-state index in [0.717, 1.165) is 29.0 Å². The molecule has 2 aromatic heterocycles. The van der Waals surface area contributed by atoms with Crippen LogP contribution in [0.3, 0.4) is 0 Å². The highest BCUT2D eigenvalue weighted by Gasteiger charge is 2.13. The highest BCUT2D eigenvalue weighted by atomic mass is 32.2. The topological polar surface area (TPSA) is 43.6 Å². The first-order valence-corrected chi connectivity index (χ1v) is 8.56. The quantitative estimate of drug-likeness (QED) is 0.639. The van der Waals surface area contributed by atoms with Crippen LogP contribution in [0.15, 0.2) is 66.0 Å². The van der Waals surface area contributed by atoms with Crippen molar-refractivity contribution in [2.45, 2.75) is 18.6 Å². The van der Waals surface area contributed by atoms with Gasteiger partial charge < -0.3 is 4.57 Å². The molecule has 2 heterocycles. The van der Waals surface area contributed by atoms with Crippen molar-refractivity contribution < 1.29 is 0 Å². The van der Waals surface area contributed by atoms with E-state index in [4.69, 9.17) is 0 Å². The van der Waals surface area contributed by atoms with Gasteiger partial charge in [-0.15, -0.1) is 10.2 Å². The molecule has 0 aliphatic carbocycles. The van der Waals surface area contributed by atoms with Crippen LogP contribution in [0, 0.1) is 0 Å². The molecule has 0 aliphatic rings. The molecule has 0 amide bonds. The number of aromatic nitrogens is 4. The molecule has 0 aliphatic heterocycles. The van der Waals surface area contributed by atoms with Gasteiger partial charge in [-0.2, -0.15) is 0 Å². The third kappa shape index (κ3) is 3.87. The molecule has 3 aromatic rings. The van der Waals surface area contributed by atoms with Crippen molar-refractivity contribution in [3.05, 3.63) is 66.4 Å². The van der Waals surface area contributed by atoms with Crippen LogP contribution in [0.1, 0.15) is 12.5 Å². The summed E-state index contributed by atoms with van der Waals surface area (Å²) in [4.78, 5) is 4.36. The fraction of sp³-hybridized carbons (Fsp3) is 0.167. The van der Waals surface area contributed by atoms with Crippen LogP contribution in [0.4, 0.5) is 0 Å². The van der Waals surface area contributed by atoms with Gasteiger partial charge in [0, 0.05) is 18.5 Å². The molecule has 0 bridgehead atoms. The summed E-state index contributed by atoms with van der Waals surface area (Å²) in [6, 6.07) is 16.1. The fourth-order valence-corrected chi connectivity index (χ4v) is 3.05. The molecule has 0 saturated carbocycles. The van der Waals surface area contributed by atoms with Crippen molar-refractivity contribution in [1.29, 1.82) is 0 Å². The molecule has 0 radical (unpaired) electrons. The number of thioether (sulfide) groups is 1. The number of hydrogen-bond donors (Lipinski definition) is 0. The number of hydrogen-bond acceptors (Lipinski definition) is 4. The Morgan fingerprint density at radius 2 is 1.87 bits per heavy atom. The maximum absolute atomic E-state index is 4.36. The maximum atomic E-state index is 4.36. The van der Waals surface area contributed by atoms with Crippen LogP contribution >= 0.6 is 11.8 Å². The van der Waals surface area contributed by atoms with E-state index in [-0.39, 0.29) is 0 Å². The van der Waals surface area contributed by atoms with Crippen molar-refractivity contribution in [3.63, 3.8) is 0 Å². The van der Waals surface area contributed by atoms with Crippen molar-refractivity contribution in [2.75, 3.05) is 5.75 Å². The Bertz CT molecular complexity index is 766. The van der Waals surface area contributed by atoms with Crippen LogP contribution in [-0.4, -0.2) is 25.5 Å². The number of pyridine rings is 1. The second-order valence-corrected chi connectivity index (χ2v) is 5.88. The molecule has 1 aromatic carbocycles. The van der Waals surface area contributed by atoms with E-state index in [2.05, 4.69) is 51.0 Å². The monoisotopic (exact) mass is 322 g/mol. The first-order valence-electron chi connectivity index (χ1n) is 7.57. The molecule has 0 spiro atoms. The Morgan fingerprint density at radius 3 is 2.61 bits per heavy atom. The van der Waals surface area contributed by atoms with Gasteiger partial charge >= 0.3 is 0 Å². The summed E-state index contributed by atoms with van der Waals surface area (Å²) in [5.41, 5.74) is 2.06. The van der Waals surface area contributed by atoms with Crippen LogP contribution < -0.4 is 0 Å². The van der Waals surface area contributed by atoms with Crippen LogP contribution in [0.2, 0.25) is 0 Å². The second kappa shape index (κ2) is 7.74. The summed E-state index contributed by atoms with van der Waals surface area (Å²) in [5, 5.41) is 9.53. The maximum Gasteiger partial charge on any atom is 0.191 e. The average Bonchev–Trinajstić information content (AvgIpc) is 3.03. The Balaban J connectivity index is 1.69. The third-order valence-electron chi connectivity index (χ3n) is 3.35. The molecule has 23 heavy (non-hydrogen) atoms. The Hall–Kier alpha value is -2.40. The molecule has 0 saturated heterocycles. The zero-order valence-corrected chi connectivity index (χ0v) is 13.8. The van der Waals surface area contributed by atoms with Crippen molar-refractivity contribution in [3.8, 4) is 11.5 Å². The van der Waals surface area contributed by atoms with Gasteiger partial charge in [-0.05, 0) is 24.6 Å². The molecule has 0 unspecified atom stereocenters. The van der Waals surface area contributed by atoms with E-state index in [1.54, 1.807) is 18.0 Å². The summed E-state index contributed by atoms with van der Waals surface area (Å²) in [5.74, 6) is 1.68. The minimum atomic E-state index is 0.822. The second-order valence-electron chi connectivity index (χ2n) is 4.89. The molecule has 116 valence electrons. The molecular formula is C18H18N4S. The van der Waals surface area contributed by atoms with Gasteiger partial charge in [-0.1, -0.05) is 60.3 Å². The van der Waals surface area contributed by atoms with Gasteiger partial charge in [0.2, 0.25) is 0 Å². The number of nitrogens with zero attached hydrogens (tertiary/aromatic N) is 4. The van der Waals surface area contributed by atoms with E-state index >= 15 is 0 Å². The van der Waals surface area contributed by atoms with E-state index < -0.39 is 0 Å². The zero-order valence-electron chi connectivity index (χ0n) is 13.0. The fourth-order valence-electron chi connectivity index (χ4n) is 2.24. The predicted octanol–water partition coefficient (Wildman–Crippen LogP) is 4.17. The first kappa shape index (κ1) is 15.5. The molecule has 5 heteroatoms. The molecular weight excluding hydrogens is 304 g/mol. The lowest BCUT2D eigenvalue weighted by Crippen LogP contribution is -2.00. The summed E-state index contributed by atoms with van der Waals surface area (Å²) >= 11 is 1.68.